The van der Waals surface area contributed by atoms with Crippen LogP contribution in [0.3, 0.4) is 0 Å². The number of hydrogen-bond acceptors (Lipinski definition) is 5. The maximum absolute atomic E-state index is 12.2. The second-order valence-corrected chi connectivity index (χ2v) is 5.77. The van der Waals surface area contributed by atoms with E-state index in [0.29, 0.717) is 12.2 Å². The number of nitrogens with one attached hydrogen (secondary N) is 1. The number of nitro benzene ring substituents is 1. The van der Waals surface area contributed by atoms with Gasteiger partial charge in [-0.3, -0.25) is 14.9 Å². The van der Waals surface area contributed by atoms with Gasteiger partial charge in [0.25, 0.3) is 11.6 Å². The van der Waals surface area contributed by atoms with Crippen LogP contribution in [0.2, 0.25) is 0 Å². The molecule has 1 fully saturated rings. The van der Waals surface area contributed by atoms with Crippen LogP contribution in [0.1, 0.15) is 23.2 Å². The molecular weight excluding hydrogens is 300 g/mol. The fourth-order valence-electron chi connectivity index (χ4n) is 2.37. The maximum Gasteiger partial charge on any atom is 0.294 e. The minimum absolute atomic E-state index is 0.0347. The normalized spacial score (nSPS) is 15.2. The third-order valence-electron chi connectivity index (χ3n) is 4.13. The molecule has 0 saturated heterocycles. The number of carbonyl (C=O) groups is 1. The Morgan fingerprint density at radius 1 is 1.48 bits per heavy atom. The Labute approximate surface area is 131 Å². The number of aliphatic hydroxyl groups is 1. The highest BCUT2D eigenvalue weighted by molar-refractivity contribution is 5.95. The van der Waals surface area contributed by atoms with Crippen LogP contribution in [0.5, 0.6) is 0 Å². The van der Waals surface area contributed by atoms with E-state index in [4.69, 9.17) is 0 Å². The Morgan fingerprint density at radius 3 is 2.83 bits per heavy atom. The van der Waals surface area contributed by atoms with Crippen LogP contribution in [-0.4, -0.2) is 38.6 Å². The molecule has 8 heteroatoms. The summed E-state index contributed by atoms with van der Waals surface area (Å²) in [7, 11) is 0. The van der Waals surface area contributed by atoms with E-state index in [1.165, 1.54) is 35.3 Å². The average Bonchev–Trinajstić information content (AvgIpc) is 3.14. The molecule has 120 valence electrons. The molecule has 1 saturated carbocycles. The highest BCUT2D eigenvalue weighted by atomic mass is 16.6. The van der Waals surface area contributed by atoms with Crippen molar-refractivity contribution in [3.05, 3.63) is 52.6 Å². The van der Waals surface area contributed by atoms with E-state index in [0.717, 1.165) is 12.8 Å². The molecule has 1 aromatic carbocycles. The van der Waals surface area contributed by atoms with Gasteiger partial charge in [-0.2, -0.15) is 0 Å². The number of nitro groups is 1. The summed E-state index contributed by atoms with van der Waals surface area (Å²) >= 11 is 0. The molecule has 0 atom stereocenters. The molecule has 0 unspecified atom stereocenters. The average molecular weight is 316 g/mol. The van der Waals surface area contributed by atoms with Crippen LogP contribution >= 0.6 is 0 Å². The van der Waals surface area contributed by atoms with E-state index < -0.39 is 4.92 Å². The zero-order valence-electron chi connectivity index (χ0n) is 12.3. The molecule has 1 aromatic heterocycles. The summed E-state index contributed by atoms with van der Waals surface area (Å²) in [5.41, 5.74) is 0.185. The van der Waals surface area contributed by atoms with Gasteiger partial charge in [0.05, 0.1) is 17.9 Å². The lowest BCUT2D eigenvalue weighted by atomic mass is 10.1. The molecule has 0 bridgehead atoms. The summed E-state index contributed by atoms with van der Waals surface area (Å²) in [5.74, 6) is -0.384. The molecule has 3 rings (SSSR count). The van der Waals surface area contributed by atoms with Gasteiger partial charge < -0.3 is 15.0 Å². The Balaban J connectivity index is 1.82. The first-order chi connectivity index (χ1) is 11.0. The Morgan fingerprint density at radius 2 is 2.26 bits per heavy atom. The van der Waals surface area contributed by atoms with Crippen LogP contribution < -0.4 is 5.32 Å². The van der Waals surface area contributed by atoms with Crippen molar-refractivity contribution in [2.75, 3.05) is 13.2 Å². The van der Waals surface area contributed by atoms with Gasteiger partial charge in [0, 0.05) is 36.0 Å². The van der Waals surface area contributed by atoms with Gasteiger partial charge in [0.2, 0.25) is 0 Å². The first-order valence-electron chi connectivity index (χ1n) is 7.20. The monoisotopic (exact) mass is 316 g/mol. The molecule has 2 aromatic rings. The molecule has 1 amide bonds. The van der Waals surface area contributed by atoms with Crippen LogP contribution in [0, 0.1) is 15.5 Å². The number of rotatable bonds is 6. The molecule has 1 aliphatic carbocycles. The number of hydrogen-bond donors (Lipinski definition) is 2. The van der Waals surface area contributed by atoms with E-state index >= 15 is 0 Å². The summed E-state index contributed by atoms with van der Waals surface area (Å²) < 4.78 is 1.52. The van der Waals surface area contributed by atoms with Gasteiger partial charge in [-0.05, 0) is 25.0 Å². The van der Waals surface area contributed by atoms with E-state index in [1.54, 1.807) is 6.20 Å². The van der Waals surface area contributed by atoms with Gasteiger partial charge in [-0.25, -0.2) is 4.98 Å². The van der Waals surface area contributed by atoms with Gasteiger partial charge in [-0.15, -0.1) is 0 Å². The third-order valence-corrected chi connectivity index (χ3v) is 4.13. The summed E-state index contributed by atoms with van der Waals surface area (Å²) in [5, 5.41) is 23.3. The number of aromatic nitrogens is 2. The van der Waals surface area contributed by atoms with E-state index in [9.17, 15) is 20.0 Å². The predicted molar refractivity (Wildman–Crippen MR) is 81.3 cm³/mol. The van der Waals surface area contributed by atoms with Crippen molar-refractivity contribution in [3.63, 3.8) is 0 Å². The van der Waals surface area contributed by atoms with Crippen molar-refractivity contribution in [1.82, 2.24) is 14.9 Å². The van der Waals surface area contributed by atoms with Crippen LogP contribution in [-0.2, 0) is 0 Å². The number of imidazole rings is 1. The molecule has 0 radical (unpaired) electrons. The standard InChI is InChI=1S/C15H16N4O4/c20-9-15(3-4-15)8-17-14(21)11-1-2-12(13(7-11)19(22)23)18-6-5-16-10-18/h1-2,5-7,10,20H,3-4,8-9H2,(H,17,21). The molecule has 1 heterocycles. The Hall–Kier alpha value is -2.74. The first kappa shape index (κ1) is 15.2. The lowest BCUT2D eigenvalue weighted by Crippen LogP contribution is -2.31. The zero-order valence-corrected chi connectivity index (χ0v) is 12.3. The molecule has 1 aliphatic rings. The maximum atomic E-state index is 12.2. The van der Waals surface area contributed by atoms with E-state index in [-0.39, 0.29) is 29.2 Å². The Kier molecular flexibility index (Phi) is 3.83. The zero-order chi connectivity index (χ0) is 16.4. The molecular formula is C15H16N4O4. The summed E-state index contributed by atoms with van der Waals surface area (Å²) in [6.07, 6.45) is 6.33. The number of aliphatic hydroxyl groups excluding tert-OH is 1. The van der Waals surface area contributed by atoms with Crippen molar-refractivity contribution < 1.29 is 14.8 Å². The van der Waals surface area contributed by atoms with Gasteiger partial charge >= 0.3 is 0 Å². The van der Waals surface area contributed by atoms with Crippen LogP contribution in [0.4, 0.5) is 5.69 Å². The smallest absolute Gasteiger partial charge is 0.294 e. The number of amides is 1. The molecule has 2 N–H and O–H groups in total. The predicted octanol–water partition coefficient (Wildman–Crippen LogP) is 1.28. The molecule has 23 heavy (non-hydrogen) atoms. The van der Waals surface area contributed by atoms with Crippen molar-refractivity contribution in [2.24, 2.45) is 5.41 Å². The van der Waals surface area contributed by atoms with Crippen molar-refractivity contribution in [2.45, 2.75) is 12.8 Å². The van der Waals surface area contributed by atoms with Crippen LogP contribution in [0.15, 0.2) is 36.9 Å². The quantitative estimate of drug-likeness (QED) is 0.616. The number of carbonyl (C=O) groups excluding carboxylic acids is 1. The summed E-state index contributed by atoms with van der Waals surface area (Å²) in [6.45, 7) is 0.409. The van der Waals surface area contributed by atoms with E-state index in [1.807, 2.05) is 0 Å². The highest BCUT2D eigenvalue weighted by Gasteiger charge is 2.42. The van der Waals surface area contributed by atoms with Gasteiger partial charge in [0.1, 0.15) is 5.69 Å². The number of benzene rings is 1. The second-order valence-electron chi connectivity index (χ2n) is 5.77. The molecule has 8 nitrogen and oxygen atoms in total. The minimum Gasteiger partial charge on any atom is -0.396 e. The minimum atomic E-state index is -0.526. The van der Waals surface area contributed by atoms with Crippen molar-refractivity contribution >= 4 is 11.6 Å². The summed E-state index contributed by atoms with van der Waals surface area (Å²) in [6, 6.07) is 4.31. The fraction of sp³-hybridized carbons (Fsp3) is 0.333. The van der Waals surface area contributed by atoms with E-state index in [2.05, 4.69) is 10.3 Å². The van der Waals surface area contributed by atoms with Gasteiger partial charge in [0.15, 0.2) is 0 Å². The molecule has 0 spiro atoms. The lowest BCUT2D eigenvalue weighted by Gasteiger charge is -2.13. The fourth-order valence-corrected chi connectivity index (χ4v) is 2.37. The largest absolute Gasteiger partial charge is 0.396 e. The SMILES string of the molecule is O=C(NCC1(CO)CC1)c1ccc(-n2ccnc2)c([N+](=O)[O-])c1. The summed E-state index contributed by atoms with van der Waals surface area (Å²) in [4.78, 5) is 26.8. The topological polar surface area (TPSA) is 110 Å². The molecule has 0 aliphatic heterocycles. The third kappa shape index (κ3) is 3.07. The Bertz CT molecular complexity index is 738. The highest BCUT2D eigenvalue weighted by Crippen LogP contribution is 2.44. The van der Waals surface area contributed by atoms with Crippen molar-refractivity contribution in [3.8, 4) is 5.69 Å². The van der Waals surface area contributed by atoms with Gasteiger partial charge in [-0.1, -0.05) is 0 Å². The van der Waals surface area contributed by atoms with Crippen molar-refractivity contribution in [1.29, 1.82) is 0 Å². The second kappa shape index (κ2) is 5.81. The lowest BCUT2D eigenvalue weighted by molar-refractivity contribution is -0.384. The first-order valence-corrected chi connectivity index (χ1v) is 7.20. The number of nitrogens with zero attached hydrogens (tertiary/aromatic N) is 3. The van der Waals surface area contributed by atoms with Crippen LogP contribution in [0.25, 0.3) is 5.69 Å².